The van der Waals surface area contributed by atoms with E-state index in [0.717, 1.165) is 17.7 Å². The fourth-order valence-electron chi connectivity index (χ4n) is 1.98. The van der Waals surface area contributed by atoms with Gasteiger partial charge >= 0.3 is 0 Å². The smallest absolute Gasteiger partial charge is 0.291 e. The molecule has 23 heavy (non-hydrogen) atoms. The Bertz CT molecular complexity index is 628. The highest BCUT2D eigenvalue weighted by Crippen LogP contribution is 2.20. The molecule has 0 aliphatic carbocycles. The van der Waals surface area contributed by atoms with Gasteiger partial charge in [0.25, 0.3) is 11.8 Å². The summed E-state index contributed by atoms with van der Waals surface area (Å²) < 4.78 is 5.35. The number of carbonyl (C=O) groups is 2. The largest absolute Gasteiger partial charge is 0.487 e. The van der Waals surface area contributed by atoms with Crippen LogP contribution in [-0.4, -0.2) is 30.2 Å². The van der Waals surface area contributed by atoms with Crippen LogP contribution < -0.4 is 10.6 Å². The quantitative estimate of drug-likeness (QED) is 0.868. The molecule has 2 rings (SSSR count). The van der Waals surface area contributed by atoms with Gasteiger partial charge in [-0.25, -0.2) is 0 Å². The number of nitrogens with one attached hydrogen (secondary N) is 2. The summed E-state index contributed by atoms with van der Waals surface area (Å²) >= 11 is 1.55. The van der Waals surface area contributed by atoms with Crippen molar-refractivity contribution in [2.75, 3.05) is 17.7 Å². The number of hydrogen-bond donors (Lipinski definition) is 2. The Balaban J connectivity index is 2.12. The number of amides is 2. The number of thioether (sulfide) groups is 1. The van der Waals surface area contributed by atoms with Crippen LogP contribution in [0.3, 0.4) is 0 Å². The van der Waals surface area contributed by atoms with Crippen molar-refractivity contribution in [3.05, 3.63) is 40.5 Å². The highest BCUT2D eigenvalue weighted by atomic mass is 32.2. The minimum atomic E-state index is -0.292. The van der Waals surface area contributed by atoms with Crippen LogP contribution in [0.25, 0.3) is 0 Å². The second-order valence-corrected chi connectivity index (χ2v) is 6.45. The molecule has 2 amide bonds. The zero-order valence-corrected chi connectivity index (χ0v) is 14.5. The molecule has 0 saturated carbocycles. The summed E-state index contributed by atoms with van der Waals surface area (Å²) in [6, 6.07) is 5.39. The minimum Gasteiger partial charge on any atom is -0.487 e. The van der Waals surface area contributed by atoms with Gasteiger partial charge in [0.1, 0.15) is 0 Å². The van der Waals surface area contributed by atoms with Crippen LogP contribution >= 0.6 is 11.8 Å². The lowest BCUT2D eigenvalue weighted by Gasteiger charge is -2.16. The first-order valence-corrected chi connectivity index (χ1v) is 8.73. The van der Waals surface area contributed by atoms with Crippen LogP contribution in [0.15, 0.2) is 29.4 Å². The normalized spacial score (nSPS) is 15.2. The van der Waals surface area contributed by atoms with Crippen LogP contribution in [0.4, 0.5) is 5.69 Å². The van der Waals surface area contributed by atoms with Crippen molar-refractivity contribution in [1.82, 2.24) is 5.32 Å². The van der Waals surface area contributed by atoms with Crippen molar-refractivity contribution in [2.24, 2.45) is 0 Å². The third-order valence-electron chi connectivity index (χ3n) is 3.61. The minimum absolute atomic E-state index is 0.111. The maximum absolute atomic E-state index is 12.2. The Hall–Kier alpha value is -1.95. The fourth-order valence-corrected chi connectivity index (χ4v) is 2.60. The van der Waals surface area contributed by atoms with Gasteiger partial charge in [-0.1, -0.05) is 13.0 Å². The van der Waals surface area contributed by atoms with Crippen molar-refractivity contribution in [1.29, 1.82) is 0 Å². The maximum Gasteiger partial charge on any atom is 0.291 e. The molecule has 0 bridgehead atoms. The van der Waals surface area contributed by atoms with Crippen molar-refractivity contribution in [2.45, 2.75) is 33.2 Å². The standard InChI is InChI=1S/C17H22N2O3S/c1-4-12(3)18-16(20)13-6-5-11(2)14(9-13)19-17(21)15-10-23-8-7-22-15/h5-6,9-10,12H,4,7-8H2,1-3H3,(H,18,20)(H,19,21)/t12-/m0/s1. The van der Waals surface area contributed by atoms with Gasteiger partial charge in [-0.15, -0.1) is 11.8 Å². The summed E-state index contributed by atoms with van der Waals surface area (Å²) in [7, 11) is 0. The van der Waals surface area contributed by atoms with Crippen LogP contribution in [-0.2, 0) is 9.53 Å². The highest BCUT2D eigenvalue weighted by molar-refractivity contribution is 8.02. The molecule has 6 heteroatoms. The van der Waals surface area contributed by atoms with Gasteiger partial charge in [-0.2, -0.15) is 0 Å². The molecule has 1 aliphatic rings. The molecule has 0 saturated heterocycles. The Morgan fingerprint density at radius 1 is 1.35 bits per heavy atom. The molecule has 2 N–H and O–H groups in total. The second-order valence-electron chi connectivity index (χ2n) is 5.47. The van der Waals surface area contributed by atoms with Gasteiger partial charge in [0.2, 0.25) is 0 Å². The Kier molecular flexibility index (Phi) is 6.10. The third-order valence-corrected chi connectivity index (χ3v) is 4.39. The van der Waals surface area contributed by atoms with Crippen LogP contribution in [0.2, 0.25) is 0 Å². The van der Waals surface area contributed by atoms with Gasteiger partial charge < -0.3 is 15.4 Å². The van der Waals surface area contributed by atoms with E-state index in [1.54, 1.807) is 29.3 Å². The second kappa shape index (κ2) is 8.06. The van der Waals surface area contributed by atoms with E-state index in [0.29, 0.717) is 23.6 Å². The van der Waals surface area contributed by atoms with Crippen LogP contribution in [0.5, 0.6) is 0 Å². The van der Waals surface area contributed by atoms with Gasteiger partial charge in [-0.3, -0.25) is 9.59 Å². The van der Waals surface area contributed by atoms with E-state index in [1.165, 1.54) is 0 Å². The highest BCUT2D eigenvalue weighted by Gasteiger charge is 2.16. The van der Waals surface area contributed by atoms with E-state index < -0.39 is 0 Å². The average molecular weight is 334 g/mol. The summed E-state index contributed by atoms with van der Waals surface area (Å²) in [6.07, 6.45) is 0.865. The van der Waals surface area contributed by atoms with E-state index in [9.17, 15) is 9.59 Å². The van der Waals surface area contributed by atoms with Crippen molar-refractivity contribution < 1.29 is 14.3 Å². The molecule has 0 radical (unpaired) electrons. The molecular weight excluding hydrogens is 312 g/mol. The van der Waals surface area contributed by atoms with E-state index >= 15 is 0 Å². The first-order valence-electron chi connectivity index (χ1n) is 7.68. The molecule has 1 aliphatic heterocycles. The number of anilines is 1. The Labute approximate surface area is 140 Å². The lowest BCUT2D eigenvalue weighted by molar-refractivity contribution is -0.116. The first kappa shape index (κ1) is 17.4. The van der Waals surface area contributed by atoms with Crippen molar-refractivity contribution in [3.63, 3.8) is 0 Å². The maximum atomic E-state index is 12.2. The lowest BCUT2D eigenvalue weighted by atomic mass is 10.1. The molecule has 1 atom stereocenters. The number of benzene rings is 1. The topological polar surface area (TPSA) is 67.4 Å². The fraction of sp³-hybridized carbons (Fsp3) is 0.412. The summed E-state index contributed by atoms with van der Waals surface area (Å²) in [6.45, 7) is 6.39. The Morgan fingerprint density at radius 3 is 2.78 bits per heavy atom. The predicted octanol–water partition coefficient (Wildman–Crippen LogP) is 3.07. The van der Waals surface area contributed by atoms with Crippen LogP contribution in [0.1, 0.15) is 36.2 Å². The molecule has 0 aromatic heterocycles. The molecule has 124 valence electrons. The monoisotopic (exact) mass is 334 g/mol. The number of rotatable bonds is 5. The van der Waals surface area contributed by atoms with E-state index in [-0.39, 0.29) is 17.9 Å². The lowest BCUT2D eigenvalue weighted by Crippen LogP contribution is -2.32. The van der Waals surface area contributed by atoms with Crippen molar-refractivity contribution >= 4 is 29.3 Å². The number of aryl methyl sites for hydroxylation is 1. The molecule has 1 aromatic rings. The zero-order chi connectivity index (χ0) is 16.8. The summed E-state index contributed by atoms with van der Waals surface area (Å²) in [5.41, 5.74) is 2.04. The molecule has 5 nitrogen and oxygen atoms in total. The summed E-state index contributed by atoms with van der Waals surface area (Å²) in [5, 5.41) is 7.45. The van der Waals surface area contributed by atoms with Gasteiger partial charge in [0.15, 0.2) is 5.76 Å². The van der Waals surface area contributed by atoms with E-state index in [4.69, 9.17) is 4.74 Å². The zero-order valence-electron chi connectivity index (χ0n) is 13.6. The van der Waals surface area contributed by atoms with E-state index in [1.807, 2.05) is 26.8 Å². The van der Waals surface area contributed by atoms with Crippen molar-refractivity contribution in [3.8, 4) is 0 Å². The molecular formula is C17H22N2O3S. The van der Waals surface area contributed by atoms with Gasteiger partial charge in [0.05, 0.1) is 6.61 Å². The average Bonchev–Trinajstić information content (AvgIpc) is 2.57. The summed E-state index contributed by atoms with van der Waals surface area (Å²) in [5.74, 6) is 0.731. The molecule has 0 unspecified atom stereocenters. The number of carbonyl (C=O) groups excluding carboxylic acids is 2. The molecule has 1 heterocycles. The first-order chi connectivity index (χ1) is 11.0. The third kappa shape index (κ3) is 4.76. The number of hydrogen-bond acceptors (Lipinski definition) is 4. The number of ether oxygens (including phenoxy) is 1. The van der Waals surface area contributed by atoms with E-state index in [2.05, 4.69) is 10.6 Å². The molecule has 0 fully saturated rings. The van der Waals surface area contributed by atoms with Gasteiger partial charge in [-0.05, 0) is 38.0 Å². The Morgan fingerprint density at radius 2 is 2.13 bits per heavy atom. The van der Waals surface area contributed by atoms with Gasteiger partial charge in [0, 0.05) is 28.5 Å². The summed E-state index contributed by atoms with van der Waals surface area (Å²) in [4.78, 5) is 24.4. The van der Waals surface area contributed by atoms with Crippen LogP contribution in [0, 0.1) is 6.92 Å². The predicted molar refractivity (Wildman–Crippen MR) is 93.5 cm³/mol. The molecule has 1 aromatic carbocycles. The SMILES string of the molecule is CC[C@H](C)NC(=O)c1ccc(C)c(NC(=O)C2=CSCCO2)c1. The molecule has 0 spiro atoms.